The summed E-state index contributed by atoms with van der Waals surface area (Å²) < 4.78 is 5.54. The predicted molar refractivity (Wildman–Crippen MR) is 107 cm³/mol. The highest BCUT2D eigenvalue weighted by atomic mass is 79.9. The van der Waals surface area contributed by atoms with Crippen LogP contribution in [0.4, 0.5) is 16.2 Å². The maximum atomic E-state index is 12.0. The van der Waals surface area contributed by atoms with Gasteiger partial charge in [-0.1, -0.05) is 27.5 Å². The smallest absolute Gasteiger partial charge is 0.339 e. The van der Waals surface area contributed by atoms with Crippen molar-refractivity contribution in [3.05, 3.63) is 57.5 Å². The summed E-state index contributed by atoms with van der Waals surface area (Å²) in [5.74, 6) is -0.917. The molecular formula is C18H17BrClN3O4. The molecule has 3 amide bonds. The molecule has 0 heterocycles. The van der Waals surface area contributed by atoms with Crippen molar-refractivity contribution in [3.8, 4) is 0 Å². The van der Waals surface area contributed by atoms with Crippen molar-refractivity contribution in [3.63, 3.8) is 0 Å². The number of rotatable bonds is 6. The number of esters is 1. The van der Waals surface area contributed by atoms with Gasteiger partial charge in [-0.05, 0) is 42.5 Å². The standard InChI is InChI=1S/C18H17BrClN3O4/c1-27-17(25)14-10-13(6-7-15(14)20)22-16(24)8-9-21-18(26)23-12-4-2-11(19)3-5-12/h2-7,10H,8-9H2,1H3,(H,22,24)(H2,21,23,26). The number of carbonyl (C=O) groups excluding carboxylic acids is 3. The first kappa shape index (κ1) is 20.7. The van der Waals surface area contributed by atoms with Gasteiger partial charge in [-0.25, -0.2) is 9.59 Å². The number of methoxy groups -OCH3 is 1. The number of anilines is 2. The molecule has 0 saturated heterocycles. The van der Waals surface area contributed by atoms with Gasteiger partial charge in [0.2, 0.25) is 5.91 Å². The van der Waals surface area contributed by atoms with E-state index in [4.69, 9.17) is 11.6 Å². The number of ether oxygens (including phenoxy) is 1. The average molecular weight is 455 g/mol. The average Bonchev–Trinajstić information content (AvgIpc) is 2.64. The van der Waals surface area contributed by atoms with Crippen molar-refractivity contribution in [1.82, 2.24) is 5.32 Å². The molecule has 0 spiro atoms. The van der Waals surface area contributed by atoms with Gasteiger partial charge in [0.05, 0.1) is 17.7 Å². The van der Waals surface area contributed by atoms with Gasteiger partial charge >= 0.3 is 12.0 Å². The summed E-state index contributed by atoms with van der Waals surface area (Å²) in [7, 11) is 1.24. The quantitative estimate of drug-likeness (QED) is 0.574. The molecular weight excluding hydrogens is 438 g/mol. The predicted octanol–water partition coefficient (Wildman–Crippen LogP) is 4.04. The van der Waals surface area contributed by atoms with Crippen LogP contribution in [0.5, 0.6) is 0 Å². The lowest BCUT2D eigenvalue weighted by Gasteiger charge is -2.09. The number of benzene rings is 2. The number of nitrogens with one attached hydrogen (secondary N) is 3. The van der Waals surface area contributed by atoms with E-state index in [1.165, 1.54) is 19.2 Å². The molecule has 3 N–H and O–H groups in total. The molecule has 0 aliphatic rings. The first-order valence-electron chi connectivity index (χ1n) is 7.87. The SMILES string of the molecule is COC(=O)c1cc(NC(=O)CCNC(=O)Nc2ccc(Br)cc2)ccc1Cl. The van der Waals surface area contributed by atoms with E-state index in [2.05, 4.69) is 36.6 Å². The molecule has 2 aromatic carbocycles. The van der Waals surface area contributed by atoms with Crippen molar-refractivity contribution < 1.29 is 19.1 Å². The minimum Gasteiger partial charge on any atom is -0.465 e. The van der Waals surface area contributed by atoms with E-state index in [9.17, 15) is 14.4 Å². The lowest BCUT2D eigenvalue weighted by Crippen LogP contribution is -2.31. The normalized spacial score (nSPS) is 10.0. The Morgan fingerprint density at radius 1 is 1.04 bits per heavy atom. The summed E-state index contributed by atoms with van der Waals surface area (Å²) in [6, 6.07) is 11.2. The molecule has 0 aliphatic heterocycles. The van der Waals surface area contributed by atoms with Crippen LogP contribution < -0.4 is 16.0 Å². The molecule has 0 aromatic heterocycles. The van der Waals surface area contributed by atoms with Crippen LogP contribution in [-0.2, 0) is 9.53 Å². The van der Waals surface area contributed by atoms with Crippen LogP contribution in [0.3, 0.4) is 0 Å². The van der Waals surface area contributed by atoms with Crippen molar-refractivity contribution in [2.45, 2.75) is 6.42 Å². The van der Waals surface area contributed by atoms with E-state index >= 15 is 0 Å². The first-order valence-corrected chi connectivity index (χ1v) is 9.04. The maximum absolute atomic E-state index is 12.0. The molecule has 142 valence electrons. The molecule has 0 atom stereocenters. The molecule has 0 unspecified atom stereocenters. The van der Waals surface area contributed by atoms with Crippen LogP contribution in [0.15, 0.2) is 46.9 Å². The summed E-state index contributed by atoms with van der Waals surface area (Å²) in [4.78, 5) is 35.4. The van der Waals surface area contributed by atoms with Crippen LogP contribution in [0, 0.1) is 0 Å². The molecule has 0 bridgehead atoms. The second-order valence-electron chi connectivity index (χ2n) is 5.37. The highest BCUT2D eigenvalue weighted by Gasteiger charge is 2.12. The Balaban J connectivity index is 1.80. The van der Waals surface area contributed by atoms with Crippen LogP contribution >= 0.6 is 27.5 Å². The summed E-state index contributed by atoms with van der Waals surface area (Å²) >= 11 is 9.24. The van der Waals surface area contributed by atoms with E-state index in [0.717, 1.165) is 4.47 Å². The van der Waals surface area contributed by atoms with Crippen LogP contribution in [0.1, 0.15) is 16.8 Å². The third-order valence-corrected chi connectivity index (χ3v) is 4.25. The van der Waals surface area contributed by atoms with Crippen molar-refractivity contribution in [1.29, 1.82) is 0 Å². The minimum atomic E-state index is -0.595. The second kappa shape index (κ2) is 9.94. The van der Waals surface area contributed by atoms with E-state index in [0.29, 0.717) is 11.4 Å². The maximum Gasteiger partial charge on any atom is 0.339 e. The molecule has 7 nitrogen and oxygen atoms in total. The molecule has 0 aliphatic carbocycles. The van der Waals surface area contributed by atoms with Gasteiger partial charge in [0.15, 0.2) is 0 Å². The Morgan fingerprint density at radius 2 is 1.70 bits per heavy atom. The number of hydrogen-bond acceptors (Lipinski definition) is 4. The van der Waals surface area contributed by atoms with E-state index in [1.807, 2.05) is 0 Å². The van der Waals surface area contributed by atoms with Crippen LogP contribution in [0.2, 0.25) is 5.02 Å². The van der Waals surface area contributed by atoms with E-state index < -0.39 is 12.0 Å². The van der Waals surface area contributed by atoms with Gasteiger partial charge in [0, 0.05) is 28.8 Å². The minimum absolute atomic E-state index is 0.0595. The van der Waals surface area contributed by atoms with E-state index in [1.54, 1.807) is 30.3 Å². The van der Waals surface area contributed by atoms with Gasteiger partial charge in [0.25, 0.3) is 0 Å². The fraction of sp³-hybridized carbons (Fsp3) is 0.167. The van der Waals surface area contributed by atoms with Crippen molar-refractivity contribution in [2.24, 2.45) is 0 Å². The largest absolute Gasteiger partial charge is 0.465 e. The number of hydrogen-bond donors (Lipinski definition) is 3. The van der Waals surface area contributed by atoms with Gasteiger partial charge in [-0.3, -0.25) is 4.79 Å². The Bertz CT molecular complexity index is 843. The second-order valence-corrected chi connectivity index (χ2v) is 6.70. The lowest BCUT2D eigenvalue weighted by molar-refractivity contribution is -0.116. The molecule has 27 heavy (non-hydrogen) atoms. The fourth-order valence-corrected chi connectivity index (χ4v) is 2.55. The fourth-order valence-electron chi connectivity index (χ4n) is 2.09. The monoisotopic (exact) mass is 453 g/mol. The molecule has 0 fully saturated rings. The zero-order valence-electron chi connectivity index (χ0n) is 14.3. The number of carbonyl (C=O) groups is 3. The summed E-state index contributed by atoms with van der Waals surface area (Å²) in [6.45, 7) is 0.144. The first-order chi connectivity index (χ1) is 12.9. The highest BCUT2D eigenvalue weighted by molar-refractivity contribution is 9.10. The summed E-state index contributed by atoms with van der Waals surface area (Å²) in [6.07, 6.45) is 0.0595. The van der Waals surface area contributed by atoms with Crippen LogP contribution in [0.25, 0.3) is 0 Å². The molecule has 0 radical (unpaired) electrons. The Labute approximate surface area is 169 Å². The van der Waals surface area contributed by atoms with Crippen LogP contribution in [-0.4, -0.2) is 31.6 Å². The van der Waals surface area contributed by atoms with Crippen molar-refractivity contribution >= 4 is 56.8 Å². The zero-order chi connectivity index (χ0) is 19.8. The van der Waals surface area contributed by atoms with Crippen molar-refractivity contribution in [2.75, 3.05) is 24.3 Å². The van der Waals surface area contributed by atoms with Gasteiger partial charge in [-0.15, -0.1) is 0 Å². The molecule has 2 rings (SSSR count). The zero-order valence-corrected chi connectivity index (χ0v) is 16.7. The summed E-state index contributed by atoms with van der Waals surface area (Å²) in [5.41, 5.74) is 1.20. The number of halogens is 2. The number of urea groups is 1. The third kappa shape index (κ3) is 6.58. The Kier molecular flexibility index (Phi) is 7.63. The van der Waals surface area contributed by atoms with Gasteiger partial charge in [0.1, 0.15) is 0 Å². The van der Waals surface area contributed by atoms with Gasteiger partial charge in [-0.2, -0.15) is 0 Å². The van der Waals surface area contributed by atoms with Gasteiger partial charge < -0.3 is 20.7 Å². The Morgan fingerprint density at radius 3 is 2.37 bits per heavy atom. The molecule has 0 saturated carbocycles. The molecule has 9 heteroatoms. The summed E-state index contributed by atoms with van der Waals surface area (Å²) in [5, 5.41) is 8.11. The number of amides is 3. The lowest BCUT2D eigenvalue weighted by atomic mass is 10.2. The third-order valence-electron chi connectivity index (χ3n) is 3.40. The van der Waals surface area contributed by atoms with E-state index in [-0.39, 0.29) is 29.5 Å². The topological polar surface area (TPSA) is 96.5 Å². The Hall–Kier alpha value is -2.58. The highest BCUT2D eigenvalue weighted by Crippen LogP contribution is 2.21. The molecule has 2 aromatic rings.